The minimum absolute atomic E-state index is 0.0523. The lowest BCUT2D eigenvalue weighted by Crippen LogP contribution is -2.05. The highest BCUT2D eigenvalue weighted by atomic mass is 79.9. The molecule has 0 aliphatic carbocycles. The number of thiophene rings is 1. The molecule has 0 fully saturated rings. The fourth-order valence-electron chi connectivity index (χ4n) is 1.34. The van der Waals surface area contributed by atoms with Gasteiger partial charge in [0.05, 0.1) is 8.66 Å². The second kappa shape index (κ2) is 5.13. The Morgan fingerprint density at radius 3 is 2.44 bits per heavy atom. The molecule has 0 N–H and O–H groups in total. The Kier molecular flexibility index (Phi) is 3.79. The van der Waals surface area contributed by atoms with Crippen molar-refractivity contribution < 1.29 is 4.79 Å². The number of benzene rings is 1. The first-order valence-corrected chi connectivity index (χ1v) is 6.71. The maximum atomic E-state index is 12.0. The molecule has 1 aromatic carbocycles. The van der Waals surface area contributed by atoms with Gasteiger partial charge in [-0.25, -0.2) is 0 Å². The Bertz CT molecular complexity index is 495. The number of carbonyl (C=O) groups is 1. The fourth-order valence-corrected chi connectivity index (χ4v) is 3.03. The van der Waals surface area contributed by atoms with Crippen LogP contribution in [0.5, 0.6) is 0 Å². The Morgan fingerprint density at radius 2 is 1.88 bits per heavy atom. The van der Waals surface area contributed by atoms with Crippen molar-refractivity contribution in [2.75, 3.05) is 0 Å². The molecule has 0 saturated heterocycles. The Hall–Kier alpha value is -0.640. The van der Waals surface area contributed by atoms with E-state index in [1.807, 2.05) is 36.4 Å². The molecular weight excluding hydrogens is 308 g/mol. The van der Waals surface area contributed by atoms with Crippen LogP contribution in [-0.4, -0.2) is 5.78 Å². The normalized spacial score (nSPS) is 12.4. The maximum absolute atomic E-state index is 12.0. The van der Waals surface area contributed by atoms with E-state index >= 15 is 0 Å². The smallest absolute Gasteiger partial charge is 0.195 e. The molecule has 2 rings (SSSR count). The van der Waals surface area contributed by atoms with Gasteiger partial charge < -0.3 is 0 Å². The van der Waals surface area contributed by atoms with Crippen molar-refractivity contribution in [1.82, 2.24) is 0 Å². The summed E-state index contributed by atoms with van der Waals surface area (Å²) in [4.78, 5) is 12.7. The van der Waals surface area contributed by atoms with Crippen molar-refractivity contribution in [2.24, 2.45) is 0 Å². The van der Waals surface area contributed by atoms with Gasteiger partial charge in [0.15, 0.2) is 5.78 Å². The maximum Gasteiger partial charge on any atom is 0.195 e. The highest BCUT2D eigenvalue weighted by molar-refractivity contribution is 9.11. The summed E-state index contributed by atoms with van der Waals surface area (Å²) in [5.41, 5.74) is 0.832. The SMILES string of the molecule is O=C(c1ccc(Br)s1)C(Cl)c1ccccc1. The van der Waals surface area contributed by atoms with E-state index < -0.39 is 5.38 Å². The van der Waals surface area contributed by atoms with Crippen LogP contribution in [0.15, 0.2) is 46.3 Å². The predicted octanol–water partition coefficient (Wildman–Crippen LogP) is 4.67. The van der Waals surface area contributed by atoms with Crippen LogP contribution in [0.3, 0.4) is 0 Å². The molecule has 1 unspecified atom stereocenters. The second-order valence-corrected chi connectivity index (χ2v) is 6.14. The average molecular weight is 316 g/mol. The third-order valence-corrected chi connectivity index (χ3v) is 4.23. The van der Waals surface area contributed by atoms with Crippen molar-refractivity contribution in [2.45, 2.75) is 5.38 Å². The van der Waals surface area contributed by atoms with Gasteiger partial charge in [0.1, 0.15) is 5.38 Å². The van der Waals surface area contributed by atoms with Gasteiger partial charge in [0.2, 0.25) is 0 Å². The number of carbonyl (C=O) groups excluding carboxylic acids is 1. The average Bonchev–Trinajstić information content (AvgIpc) is 2.75. The minimum atomic E-state index is -0.605. The number of Topliss-reactive ketones (excluding diaryl/α,β-unsaturated/α-hetero) is 1. The van der Waals surface area contributed by atoms with Crippen molar-refractivity contribution in [3.63, 3.8) is 0 Å². The molecule has 1 heterocycles. The molecule has 1 atom stereocenters. The molecule has 2 aromatic rings. The molecule has 0 aliphatic heterocycles. The molecule has 82 valence electrons. The molecule has 0 saturated carbocycles. The van der Waals surface area contributed by atoms with Gasteiger partial charge in [-0.15, -0.1) is 22.9 Å². The van der Waals surface area contributed by atoms with Crippen molar-refractivity contribution in [3.05, 3.63) is 56.7 Å². The number of alkyl halides is 1. The van der Waals surface area contributed by atoms with Crippen LogP contribution in [0.25, 0.3) is 0 Å². The number of ketones is 1. The summed E-state index contributed by atoms with van der Waals surface area (Å²) in [5.74, 6) is -0.0523. The van der Waals surface area contributed by atoms with E-state index in [1.165, 1.54) is 11.3 Å². The summed E-state index contributed by atoms with van der Waals surface area (Å²) in [6, 6.07) is 13.0. The first-order valence-electron chi connectivity index (χ1n) is 4.67. The van der Waals surface area contributed by atoms with Crippen LogP contribution in [-0.2, 0) is 0 Å². The van der Waals surface area contributed by atoms with E-state index in [1.54, 1.807) is 6.07 Å². The first-order chi connectivity index (χ1) is 7.68. The molecule has 0 aliphatic rings. The zero-order valence-corrected chi connectivity index (χ0v) is 11.3. The Labute approximate surface area is 111 Å². The van der Waals surface area contributed by atoms with Gasteiger partial charge >= 0.3 is 0 Å². The molecular formula is C12H8BrClOS. The molecule has 0 bridgehead atoms. The highest BCUT2D eigenvalue weighted by Gasteiger charge is 2.20. The Morgan fingerprint density at radius 1 is 1.19 bits per heavy atom. The highest BCUT2D eigenvalue weighted by Crippen LogP contribution is 2.30. The third kappa shape index (κ3) is 2.54. The number of hydrogen-bond donors (Lipinski definition) is 0. The zero-order chi connectivity index (χ0) is 11.5. The third-order valence-electron chi connectivity index (χ3n) is 2.14. The van der Waals surface area contributed by atoms with Gasteiger partial charge in [-0.1, -0.05) is 30.3 Å². The molecule has 1 nitrogen and oxygen atoms in total. The molecule has 0 radical (unpaired) electrons. The number of hydrogen-bond acceptors (Lipinski definition) is 2. The van der Waals surface area contributed by atoms with Gasteiger partial charge in [-0.05, 0) is 33.6 Å². The standard InChI is InChI=1S/C12H8BrClOS/c13-10-7-6-9(16-10)12(15)11(14)8-4-2-1-3-5-8/h1-7,11H. The number of rotatable bonds is 3. The lowest BCUT2D eigenvalue weighted by Gasteiger charge is -2.06. The van der Waals surface area contributed by atoms with Crippen LogP contribution < -0.4 is 0 Å². The van der Waals surface area contributed by atoms with Gasteiger partial charge in [0.25, 0.3) is 0 Å². The predicted molar refractivity (Wildman–Crippen MR) is 71.4 cm³/mol. The molecule has 0 spiro atoms. The van der Waals surface area contributed by atoms with E-state index in [2.05, 4.69) is 15.9 Å². The molecule has 1 aromatic heterocycles. The van der Waals surface area contributed by atoms with Gasteiger partial charge in [0, 0.05) is 0 Å². The second-order valence-electron chi connectivity index (χ2n) is 3.24. The largest absolute Gasteiger partial charge is 0.291 e. The van der Waals surface area contributed by atoms with E-state index in [0.29, 0.717) is 4.88 Å². The quantitative estimate of drug-likeness (QED) is 0.594. The van der Waals surface area contributed by atoms with Crippen molar-refractivity contribution >= 4 is 44.7 Å². The van der Waals surface area contributed by atoms with E-state index in [-0.39, 0.29) is 5.78 Å². The van der Waals surface area contributed by atoms with E-state index in [4.69, 9.17) is 11.6 Å². The van der Waals surface area contributed by atoms with E-state index in [9.17, 15) is 4.79 Å². The molecule has 16 heavy (non-hydrogen) atoms. The van der Waals surface area contributed by atoms with Crippen LogP contribution in [0.1, 0.15) is 20.6 Å². The zero-order valence-electron chi connectivity index (χ0n) is 8.19. The lowest BCUT2D eigenvalue weighted by atomic mass is 10.1. The molecule has 0 amide bonds. The van der Waals surface area contributed by atoms with Crippen LogP contribution >= 0.6 is 38.9 Å². The van der Waals surface area contributed by atoms with Crippen LogP contribution in [0.2, 0.25) is 0 Å². The first kappa shape index (κ1) is 11.8. The summed E-state index contributed by atoms with van der Waals surface area (Å²) >= 11 is 10.9. The Balaban J connectivity index is 2.23. The summed E-state index contributed by atoms with van der Waals surface area (Å²) in [7, 11) is 0. The summed E-state index contributed by atoms with van der Waals surface area (Å²) in [6.45, 7) is 0. The monoisotopic (exact) mass is 314 g/mol. The molecule has 4 heteroatoms. The van der Waals surface area contributed by atoms with E-state index in [0.717, 1.165) is 9.35 Å². The summed E-state index contributed by atoms with van der Waals surface area (Å²) < 4.78 is 0.938. The summed E-state index contributed by atoms with van der Waals surface area (Å²) in [6.07, 6.45) is 0. The minimum Gasteiger partial charge on any atom is -0.291 e. The number of halogens is 2. The topological polar surface area (TPSA) is 17.1 Å². The summed E-state index contributed by atoms with van der Waals surface area (Å²) in [5, 5.41) is -0.605. The van der Waals surface area contributed by atoms with Crippen LogP contribution in [0.4, 0.5) is 0 Å². The van der Waals surface area contributed by atoms with Gasteiger partial charge in [-0.2, -0.15) is 0 Å². The van der Waals surface area contributed by atoms with Gasteiger partial charge in [-0.3, -0.25) is 4.79 Å². The fraction of sp³-hybridized carbons (Fsp3) is 0.0833. The lowest BCUT2D eigenvalue weighted by molar-refractivity contribution is 0.0991. The van der Waals surface area contributed by atoms with Crippen molar-refractivity contribution in [1.29, 1.82) is 0 Å². The van der Waals surface area contributed by atoms with Crippen LogP contribution in [0, 0.1) is 0 Å². The van der Waals surface area contributed by atoms with Crippen molar-refractivity contribution in [3.8, 4) is 0 Å².